The van der Waals surface area contributed by atoms with Crippen molar-refractivity contribution in [3.63, 3.8) is 0 Å². The van der Waals surface area contributed by atoms with E-state index in [1.54, 1.807) is 6.33 Å². The van der Waals surface area contributed by atoms with Crippen LogP contribution in [0.5, 0.6) is 0 Å². The maximum atomic E-state index is 4.39. The molecule has 0 amide bonds. The lowest BCUT2D eigenvalue weighted by Gasteiger charge is -2.38. The Morgan fingerprint density at radius 1 is 1.41 bits per heavy atom. The summed E-state index contributed by atoms with van der Waals surface area (Å²) in [5.41, 5.74) is 0.390. The highest BCUT2D eigenvalue weighted by molar-refractivity contribution is 5.48. The summed E-state index contributed by atoms with van der Waals surface area (Å²) in [6.07, 6.45) is 4.19. The summed E-state index contributed by atoms with van der Waals surface area (Å²) in [5.74, 6) is 1.96. The molecule has 1 fully saturated rings. The van der Waals surface area contributed by atoms with Crippen LogP contribution in [0.1, 0.15) is 33.6 Å². The third-order valence-electron chi connectivity index (χ3n) is 3.24. The number of hydrogen-bond donors (Lipinski definition) is 1. The molecule has 1 aromatic rings. The van der Waals surface area contributed by atoms with Gasteiger partial charge in [0.05, 0.1) is 0 Å². The van der Waals surface area contributed by atoms with Crippen molar-refractivity contribution >= 4 is 11.6 Å². The highest BCUT2D eigenvalue weighted by Gasteiger charge is 2.27. The van der Waals surface area contributed by atoms with Crippen LogP contribution in [0, 0.1) is 5.41 Å². The first kappa shape index (κ1) is 12.1. The first-order chi connectivity index (χ1) is 8.11. The number of hydrogen-bond acceptors (Lipinski definition) is 4. The minimum absolute atomic E-state index is 0.390. The highest BCUT2D eigenvalue weighted by Crippen LogP contribution is 2.30. The van der Waals surface area contributed by atoms with Crippen molar-refractivity contribution in [2.75, 3.05) is 29.9 Å². The topological polar surface area (TPSA) is 41.0 Å². The summed E-state index contributed by atoms with van der Waals surface area (Å²) in [5, 5.41) is 3.23. The van der Waals surface area contributed by atoms with Gasteiger partial charge in [-0.15, -0.1) is 0 Å². The molecule has 1 saturated heterocycles. The molecule has 17 heavy (non-hydrogen) atoms. The van der Waals surface area contributed by atoms with Gasteiger partial charge in [0.15, 0.2) is 0 Å². The molecule has 0 unspecified atom stereocenters. The molecule has 1 aliphatic rings. The Labute approximate surface area is 103 Å². The molecule has 0 bridgehead atoms. The van der Waals surface area contributed by atoms with Crippen LogP contribution in [-0.2, 0) is 0 Å². The number of piperidine rings is 1. The van der Waals surface area contributed by atoms with E-state index in [0.29, 0.717) is 5.41 Å². The van der Waals surface area contributed by atoms with E-state index in [-0.39, 0.29) is 0 Å². The molecule has 0 saturated carbocycles. The van der Waals surface area contributed by atoms with Crippen molar-refractivity contribution in [3.05, 3.63) is 12.4 Å². The van der Waals surface area contributed by atoms with E-state index in [4.69, 9.17) is 0 Å². The van der Waals surface area contributed by atoms with Crippen molar-refractivity contribution < 1.29 is 0 Å². The van der Waals surface area contributed by atoms with E-state index in [2.05, 4.69) is 41.0 Å². The number of rotatable bonds is 3. The Kier molecular flexibility index (Phi) is 3.50. The van der Waals surface area contributed by atoms with Gasteiger partial charge in [-0.05, 0) is 25.2 Å². The summed E-state index contributed by atoms with van der Waals surface area (Å²) in [4.78, 5) is 11.0. The van der Waals surface area contributed by atoms with E-state index in [1.165, 1.54) is 12.8 Å². The zero-order chi connectivity index (χ0) is 12.3. The molecule has 1 N–H and O–H groups in total. The first-order valence-electron chi connectivity index (χ1n) is 6.41. The molecule has 4 nitrogen and oxygen atoms in total. The maximum Gasteiger partial charge on any atom is 0.134 e. The van der Waals surface area contributed by atoms with Gasteiger partial charge in [0.1, 0.15) is 18.0 Å². The molecule has 1 aromatic heterocycles. The lowest BCUT2D eigenvalue weighted by atomic mass is 9.84. The van der Waals surface area contributed by atoms with Crippen molar-refractivity contribution in [1.82, 2.24) is 9.97 Å². The lowest BCUT2D eigenvalue weighted by Crippen LogP contribution is -2.40. The van der Waals surface area contributed by atoms with E-state index in [9.17, 15) is 0 Å². The number of nitrogens with one attached hydrogen (secondary N) is 1. The van der Waals surface area contributed by atoms with Crippen LogP contribution in [0.2, 0.25) is 0 Å². The molecule has 94 valence electrons. The van der Waals surface area contributed by atoms with Gasteiger partial charge in [0, 0.05) is 25.7 Å². The zero-order valence-corrected chi connectivity index (χ0v) is 11.0. The SMILES string of the molecule is CCNc1cc(N2CCCC(C)(C)C2)ncn1. The average Bonchev–Trinajstić information content (AvgIpc) is 2.28. The Bertz CT molecular complexity index is 375. The molecule has 2 heterocycles. The second-order valence-electron chi connectivity index (χ2n) is 5.48. The predicted molar refractivity (Wildman–Crippen MR) is 71.4 cm³/mol. The fourth-order valence-corrected chi connectivity index (χ4v) is 2.42. The van der Waals surface area contributed by atoms with Crippen molar-refractivity contribution in [2.45, 2.75) is 33.6 Å². The summed E-state index contributed by atoms with van der Waals surface area (Å²) in [6, 6.07) is 2.05. The van der Waals surface area contributed by atoms with Crippen LogP contribution >= 0.6 is 0 Å². The van der Waals surface area contributed by atoms with Gasteiger partial charge in [-0.3, -0.25) is 0 Å². The summed E-state index contributed by atoms with van der Waals surface area (Å²) in [6.45, 7) is 9.80. The van der Waals surface area contributed by atoms with Crippen LogP contribution < -0.4 is 10.2 Å². The molecule has 4 heteroatoms. The molecule has 1 aliphatic heterocycles. The molecular formula is C13H22N4. The van der Waals surface area contributed by atoms with Crippen LogP contribution in [0.25, 0.3) is 0 Å². The lowest BCUT2D eigenvalue weighted by molar-refractivity contribution is 0.292. The Morgan fingerprint density at radius 2 is 2.24 bits per heavy atom. The molecule has 0 spiro atoms. The predicted octanol–water partition coefficient (Wildman–Crippen LogP) is 2.53. The fourth-order valence-electron chi connectivity index (χ4n) is 2.42. The van der Waals surface area contributed by atoms with Gasteiger partial charge in [-0.25, -0.2) is 9.97 Å². The summed E-state index contributed by atoms with van der Waals surface area (Å²) >= 11 is 0. The Balaban J connectivity index is 2.13. The minimum atomic E-state index is 0.390. The third-order valence-corrected chi connectivity index (χ3v) is 3.24. The average molecular weight is 234 g/mol. The van der Waals surface area contributed by atoms with Crippen LogP contribution in [-0.4, -0.2) is 29.6 Å². The quantitative estimate of drug-likeness (QED) is 0.872. The van der Waals surface area contributed by atoms with Gasteiger partial charge in [-0.1, -0.05) is 13.8 Å². The van der Waals surface area contributed by atoms with Gasteiger partial charge >= 0.3 is 0 Å². The minimum Gasteiger partial charge on any atom is -0.370 e. The van der Waals surface area contributed by atoms with Crippen molar-refractivity contribution in [1.29, 1.82) is 0 Å². The van der Waals surface area contributed by atoms with Crippen molar-refractivity contribution in [3.8, 4) is 0 Å². The normalized spacial score (nSPS) is 19.1. The van der Waals surface area contributed by atoms with E-state index in [1.807, 2.05) is 6.07 Å². The number of aromatic nitrogens is 2. The van der Waals surface area contributed by atoms with Gasteiger partial charge in [0.2, 0.25) is 0 Å². The summed E-state index contributed by atoms with van der Waals surface area (Å²) in [7, 11) is 0. The van der Waals surface area contributed by atoms with Gasteiger partial charge in [0.25, 0.3) is 0 Å². The van der Waals surface area contributed by atoms with Crippen molar-refractivity contribution in [2.24, 2.45) is 5.41 Å². The van der Waals surface area contributed by atoms with Crippen LogP contribution in [0.3, 0.4) is 0 Å². The Morgan fingerprint density at radius 3 is 2.94 bits per heavy atom. The molecule has 0 aliphatic carbocycles. The molecule has 0 aromatic carbocycles. The molecular weight excluding hydrogens is 212 g/mol. The van der Waals surface area contributed by atoms with Crippen LogP contribution in [0.4, 0.5) is 11.6 Å². The zero-order valence-electron chi connectivity index (χ0n) is 11.0. The maximum absolute atomic E-state index is 4.39. The largest absolute Gasteiger partial charge is 0.370 e. The fraction of sp³-hybridized carbons (Fsp3) is 0.692. The van der Waals surface area contributed by atoms with Gasteiger partial charge in [-0.2, -0.15) is 0 Å². The van der Waals surface area contributed by atoms with E-state index in [0.717, 1.165) is 31.3 Å². The summed E-state index contributed by atoms with van der Waals surface area (Å²) < 4.78 is 0. The molecule has 0 atom stereocenters. The van der Waals surface area contributed by atoms with E-state index < -0.39 is 0 Å². The number of anilines is 2. The van der Waals surface area contributed by atoms with Gasteiger partial charge < -0.3 is 10.2 Å². The highest BCUT2D eigenvalue weighted by atomic mass is 15.2. The second-order valence-corrected chi connectivity index (χ2v) is 5.48. The smallest absolute Gasteiger partial charge is 0.134 e. The molecule has 2 rings (SSSR count). The van der Waals surface area contributed by atoms with Crippen LogP contribution in [0.15, 0.2) is 12.4 Å². The standard InChI is InChI=1S/C13H22N4/c1-4-14-11-8-12(16-10-15-11)17-7-5-6-13(2,3)9-17/h8,10H,4-7,9H2,1-3H3,(H,14,15,16). The monoisotopic (exact) mass is 234 g/mol. The second kappa shape index (κ2) is 4.90. The van der Waals surface area contributed by atoms with E-state index >= 15 is 0 Å². The molecule has 0 radical (unpaired) electrons. The number of nitrogens with zero attached hydrogens (tertiary/aromatic N) is 3. The first-order valence-corrected chi connectivity index (χ1v) is 6.41. The third kappa shape index (κ3) is 3.08. The Hall–Kier alpha value is -1.32.